The maximum atomic E-state index is 11.5. The molecule has 0 radical (unpaired) electrons. The molecule has 4 heteroatoms. The van der Waals surface area contributed by atoms with Crippen LogP contribution in [0.4, 0.5) is 0 Å². The molecular formula is C16H30O4. The summed E-state index contributed by atoms with van der Waals surface area (Å²) in [6.45, 7) is 4.14. The van der Waals surface area contributed by atoms with Crippen molar-refractivity contribution in [1.29, 1.82) is 0 Å². The number of carboxylic acid groups (broad SMARTS) is 1. The molecule has 0 aliphatic rings. The molecule has 118 valence electrons. The van der Waals surface area contributed by atoms with Crippen LogP contribution in [0.25, 0.3) is 0 Å². The molecule has 0 saturated carbocycles. The van der Waals surface area contributed by atoms with Crippen LogP contribution in [0.1, 0.15) is 84.5 Å². The maximum Gasteiger partial charge on any atom is 0.306 e. The summed E-state index contributed by atoms with van der Waals surface area (Å²) >= 11 is 0. The van der Waals surface area contributed by atoms with Crippen LogP contribution in [0.2, 0.25) is 0 Å². The first-order valence-corrected chi connectivity index (χ1v) is 7.97. The summed E-state index contributed by atoms with van der Waals surface area (Å²) < 4.78 is 5.33. The average molecular weight is 286 g/mol. The number of hydrogen-bond acceptors (Lipinski definition) is 3. The van der Waals surface area contributed by atoms with Gasteiger partial charge in [-0.2, -0.15) is 0 Å². The van der Waals surface area contributed by atoms with E-state index in [4.69, 9.17) is 9.84 Å². The molecule has 20 heavy (non-hydrogen) atoms. The summed E-state index contributed by atoms with van der Waals surface area (Å²) in [6, 6.07) is 0. The fourth-order valence-corrected chi connectivity index (χ4v) is 2.10. The minimum atomic E-state index is -0.774. The quantitative estimate of drug-likeness (QED) is 0.404. The van der Waals surface area contributed by atoms with Crippen LogP contribution >= 0.6 is 0 Å². The number of hydrogen-bond donors (Lipinski definition) is 1. The van der Waals surface area contributed by atoms with Gasteiger partial charge in [-0.05, 0) is 32.6 Å². The summed E-state index contributed by atoms with van der Waals surface area (Å²) in [5.74, 6) is -0.925. The molecule has 0 rings (SSSR count). The number of aliphatic carboxylic acids is 1. The molecule has 0 heterocycles. The van der Waals surface area contributed by atoms with Gasteiger partial charge in [0.2, 0.25) is 0 Å². The molecule has 0 bridgehead atoms. The van der Waals surface area contributed by atoms with Crippen molar-refractivity contribution in [3.63, 3.8) is 0 Å². The largest absolute Gasteiger partial charge is 0.481 e. The Morgan fingerprint density at radius 1 is 0.950 bits per heavy atom. The highest BCUT2D eigenvalue weighted by Gasteiger charge is 2.09. The molecule has 0 spiro atoms. The van der Waals surface area contributed by atoms with Crippen LogP contribution in [-0.4, -0.2) is 23.1 Å². The van der Waals surface area contributed by atoms with Gasteiger partial charge < -0.3 is 9.84 Å². The Bertz CT molecular complexity index is 263. The lowest BCUT2D eigenvalue weighted by Crippen LogP contribution is -2.14. The monoisotopic (exact) mass is 286 g/mol. The van der Waals surface area contributed by atoms with Gasteiger partial charge in [-0.1, -0.05) is 39.0 Å². The first-order valence-electron chi connectivity index (χ1n) is 7.97. The summed E-state index contributed by atoms with van der Waals surface area (Å²) in [5, 5.41) is 8.49. The van der Waals surface area contributed by atoms with Gasteiger partial charge in [-0.15, -0.1) is 0 Å². The van der Waals surface area contributed by atoms with E-state index in [1.54, 1.807) is 0 Å². The normalized spacial score (nSPS) is 12.1. The maximum absolute atomic E-state index is 11.5. The smallest absolute Gasteiger partial charge is 0.306 e. The fraction of sp³-hybridized carbons (Fsp3) is 0.875. The standard InChI is InChI=1S/C16H30O4/c1-3-4-5-6-8-11-14(2)20-16(19)13-10-7-9-12-15(17)18/h14H,3-13H2,1-2H3,(H,17,18). The van der Waals surface area contributed by atoms with Crippen molar-refractivity contribution in [2.24, 2.45) is 0 Å². The number of carbonyl (C=O) groups excluding carboxylic acids is 1. The summed E-state index contributed by atoms with van der Waals surface area (Å²) in [4.78, 5) is 21.9. The van der Waals surface area contributed by atoms with Gasteiger partial charge in [-0.25, -0.2) is 0 Å². The van der Waals surface area contributed by atoms with Crippen LogP contribution in [0.3, 0.4) is 0 Å². The third kappa shape index (κ3) is 13.4. The first-order chi connectivity index (χ1) is 9.56. The van der Waals surface area contributed by atoms with Gasteiger partial charge in [0.15, 0.2) is 0 Å². The zero-order chi connectivity index (χ0) is 15.2. The number of rotatable bonds is 13. The highest BCUT2D eigenvalue weighted by atomic mass is 16.5. The summed E-state index contributed by atoms with van der Waals surface area (Å²) in [6.07, 6.45) is 9.77. The number of ether oxygens (including phenoxy) is 1. The molecular weight excluding hydrogens is 256 g/mol. The van der Waals surface area contributed by atoms with Crippen molar-refractivity contribution in [3.8, 4) is 0 Å². The number of carboxylic acids is 1. The molecule has 0 amide bonds. The average Bonchev–Trinajstić information content (AvgIpc) is 2.37. The van der Waals surface area contributed by atoms with Gasteiger partial charge in [0.05, 0.1) is 6.10 Å². The van der Waals surface area contributed by atoms with Crippen molar-refractivity contribution >= 4 is 11.9 Å². The molecule has 0 aliphatic heterocycles. The second kappa shape index (κ2) is 12.9. The van der Waals surface area contributed by atoms with E-state index in [0.717, 1.165) is 25.7 Å². The second-order valence-corrected chi connectivity index (χ2v) is 5.46. The van der Waals surface area contributed by atoms with Gasteiger partial charge >= 0.3 is 11.9 Å². The molecule has 0 aromatic rings. The van der Waals surface area contributed by atoms with Crippen molar-refractivity contribution in [1.82, 2.24) is 0 Å². The highest BCUT2D eigenvalue weighted by molar-refractivity contribution is 5.69. The Balaban J connectivity index is 3.42. The molecule has 1 unspecified atom stereocenters. The Morgan fingerprint density at radius 2 is 1.55 bits per heavy atom. The fourth-order valence-electron chi connectivity index (χ4n) is 2.10. The lowest BCUT2D eigenvalue weighted by Gasteiger charge is -2.13. The van der Waals surface area contributed by atoms with Crippen molar-refractivity contribution < 1.29 is 19.4 Å². The molecule has 1 atom stereocenters. The molecule has 0 saturated heterocycles. The zero-order valence-electron chi connectivity index (χ0n) is 13.0. The van der Waals surface area contributed by atoms with E-state index in [1.165, 1.54) is 25.7 Å². The molecule has 0 aliphatic carbocycles. The number of carbonyl (C=O) groups is 2. The second-order valence-electron chi connectivity index (χ2n) is 5.46. The van der Waals surface area contributed by atoms with Gasteiger partial charge in [-0.3, -0.25) is 9.59 Å². The van der Waals surface area contributed by atoms with Gasteiger partial charge in [0, 0.05) is 12.8 Å². The van der Waals surface area contributed by atoms with E-state index in [-0.39, 0.29) is 18.5 Å². The van der Waals surface area contributed by atoms with Crippen LogP contribution in [-0.2, 0) is 14.3 Å². The Hall–Kier alpha value is -1.06. The SMILES string of the molecule is CCCCCCCC(C)OC(=O)CCCCCC(=O)O. The van der Waals surface area contributed by atoms with E-state index in [2.05, 4.69) is 6.92 Å². The Labute approximate surface area is 122 Å². The molecule has 0 fully saturated rings. The van der Waals surface area contributed by atoms with E-state index in [1.807, 2.05) is 6.92 Å². The lowest BCUT2D eigenvalue weighted by atomic mass is 10.1. The zero-order valence-corrected chi connectivity index (χ0v) is 13.0. The highest BCUT2D eigenvalue weighted by Crippen LogP contribution is 2.11. The first kappa shape index (κ1) is 18.9. The molecule has 4 nitrogen and oxygen atoms in total. The Morgan fingerprint density at radius 3 is 2.20 bits per heavy atom. The van der Waals surface area contributed by atoms with Crippen molar-refractivity contribution in [2.45, 2.75) is 90.6 Å². The molecule has 1 N–H and O–H groups in total. The molecule has 0 aromatic carbocycles. The minimum Gasteiger partial charge on any atom is -0.481 e. The van der Waals surface area contributed by atoms with Crippen molar-refractivity contribution in [3.05, 3.63) is 0 Å². The van der Waals surface area contributed by atoms with E-state index in [0.29, 0.717) is 12.8 Å². The number of unbranched alkanes of at least 4 members (excludes halogenated alkanes) is 6. The third-order valence-corrected chi connectivity index (χ3v) is 3.32. The predicted molar refractivity (Wildman–Crippen MR) is 79.7 cm³/mol. The van der Waals surface area contributed by atoms with Crippen molar-refractivity contribution in [2.75, 3.05) is 0 Å². The molecule has 0 aromatic heterocycles. The summed E-state index contributed by atoms with van der Waals surface area (Å²) in [7, 11) is 0. The van der Waals surface area contributed by atoms with Gasteiger partial charge in [0.25, 0.3) is 0 Å². The van der Waals surface area contributed by atoms with Gasteiger partial charge in [0.1, 0.15) is 0 Å². The lowest BCUT2D eigenvalue weighted by molar-refractivity contribution is -0.148. The van der Waals surface area contributed by atoms with E-state index < -0.39 is 5.97 Å². The van der Waals surface area contributed by atoms with E-state index in [9.17, 15) is 9.59 Å². The van der Waals surface area contributed by atoms with Crippen LogP contribution < -0.4 is 0 Å². The van der Waals surface area contributed by atoms with E-state index >= 15 is 0 Å². The van der Waals surface area contributed by atoms with Crippen LogP contribution in [0.5, 0.6) is 0 Å². The summed E-state index contributed by atoms with van der Waals surface area (Å²) in [5.41, 5.74) is 0. The van der Waals surface area contributed by atoms with Crippen LogP contribution in [0, 0.1) is 0 Å². The minimum absolute atomic E-state index is 0.00291. The third-order valence-electron chi connectivity index (χ3n) is 3.32. The predicted octanol–water partition coefficient (Wildman–Crippen LogP) is 4.31. The topological polar surface area (TPSA) is 63.6 Å². The number of esters is 1. The Kier molecular flexibility index (Phi) is 12.3. The van der Waals surface area contributed by atoms with Crippen LogP contribution in [0.15, 0.2) is 0 Å².